The van der Waals surface area contributed by atoms with Crippen LogP contribution in [0.25, 0.3) is 31.9 Å². The number of fused-ring (bicyclic) bond motifs is 1. The van der Waals surface area contributed by atoms with Gasteiger partial charge in [-0.25, -0.2) is 4.79 Å². The van der Waals surface area contributed by atoms with Crippen molar-refractivity contribution in [3.8, 4) is 33.3 Å². The molecule has 6 heteroatoms. The fourth-order valence-corrected chi connectivity index (χ4v) is 4.44. The van der Waals surface area contributed by atoms with Crippen LogP contribution in [0.3, 0.4) is 0 Å². The summed E-state index contributed by atoms with van der Waals surface area (Å²) in [5.74, 6) is -0.549. The molecule has 0 atom stereocenters. The van der Waals surface area contributed by atoms with Crippen molar-refractivity contribution in [2.24, 2.45) is 0 Å². The fourth-order valence-electron chi connectivity index (χ4n) is 3.44. The lowest BCUT2D eigenvalue weighted by Gasteiger charge is -2.05. The number of nitrogens with one attached hydrogen (secondary N) is 1. The highest BCUT2D eigenvalue weighted by Crippen LogP contribution is 2.35. The fraction of sp³-hybridized carbons (Fsp3) is 0.0400. The first-order valence-electron chi connectivity index (χ1n) is 9.74. The van der Waals surface area contributed by atoms with E-state index in [1.54, 1.807) is 30.4 Å². The Labute approximate surface area is 182 Å². The second-order valence-electron chi connectivity index (χ2n) is 7.19. The second kappa shape index (κ2) is 7.74. The van der Waals surface area contributed by atoms with Crippen LogP contribution in [0.15, 0.2) is 78.9 Å². The largest absolute Gasteiger partial charge is 0.478 e. The Morgan fingerprint density at radius 1 is 0.935 bits per heavy atom. The molecule has 0 fully saturated rings. The molecule has 0 bridgehead atoms. The molecule has 0 aliphatic heterocycles. The molecule has 5 aromatic rings. The quantitative estimate of drug-likeness (QED) is 0.326. The van der Waals surface area contributed by atoms with Gasteiger partial charge in [-0.05, 0) is 47.4 Å². The molecule has 0 amide bonds. The number of benzene rings is 3. The van der Waals surface area contributed by atoms with E-state index in [4.69, 9.17) is 4.74 Å². The zero-order chi connectivity index (χ0) is 21.4. The molecule has 31 heavy (non-hydrogen) atoms. The highest BCUT2D eigenvalue weighted by atomic mass is 32.1. The number of H-pyrrole nitrogens is 1. The number of ether oxygens (including phenoxy) is 1. The molecule has 5 nitrogen and oxygen atoms in total. The monoisotopic (exact) mass is 426 g/mol. The molecule has 0 radical (unpaired) electrons. The summed E-state index contributed by atoms with van der Waals surface area (Å²) in [6, 6.07) is 26.1. The Balaban J connectivity index is 1.37. The molecule has 2 aromatic heterocycles. The van der Waals surface area contributed by atoms with Crippen molar-refractivity contribution >= 4 is 27.7 Å². The Hall–Kier alpha value is -3.90. The van der Waals surface area contributed by atoms with Crippen LogP contribution >= 0.6 is 11.3 Å². The molecule has 2 heterocycles. The number of aromatic carboxylic acids is 1. The first-order chi connectivity index (χ1) is 15.1. The summed E-state index contributed by atoms with van der Waals surface area (Å²) in [5.41, 5.74) is 5.21. The van der Waals surface area contributed by atoms with Crippen LogP contribution in [0.4, 0.5) is 0 Å². The summed E-state index contributed by atoms with van der Waals surface area (Å²) in [4.78, 5) is 21.0. The number of thiophene rings is 1. The SMILES string of the molecule is Cc1ccc(Oc2nc3cc(-c4ccc(-c5ccccc5)cc4)sc3[nH]2)cc1C(=O)O. The van der Waals surface area contributed by atoms with E-state index >= 15 is 0 Å². The van der Waals surface area contributed by atoms with Crippen molar-refractivity contribution < 1.29 is 14.6 Å². The predicted octanol–water partition coefficient (Wildman–Crippen LogP) is 6.76. The summed E-state index contributed by atoms with van der Waals surface area (Å²) < 4.78 is 5.75. The third-order valence-electron chi connectivity index (χ3n) is 5.09. The molecule has 0 saturated heterocycles. The van der Waals surface area contributed by atoms with Gasteiger partial charge in [0, 0.05) is 4.88 Å². The van der Waals surface area contributed by atoms with Crippen LogP contribution in [0.1, 0.15) is 15.9 Å². The summed E-state index contributed by atoms with van der Waals surface area (Å²) >= 11 is 1.60. The standard InChI is InChI=1S/C25H18N2O3S/c1-15-7-12-19(13-20(15)24(28)29)30-25-26-21-14-22(31-23(21)27-25)18-10-8-17(9-11-18)16-5-3-2-4-6-16/h2-14H,1H3,(H,26,27)(H,28,29). The van der Waals surface area contributed by atoms with Gasteiger partial charge in [-0.2, -0.15) is 4.98 Å². The number of nitrogens with zero attached hydrogens (tertiary/aromatic N) is 1. The Morgan fingerprint density at radius 3 is 2.35 bits per heavy atom. The average molecular weight is 426 g/mol. The van der Waals surface area contributed by atoms with Gasteiger partial charge in [-0.1, -0.05) is 60.7 Å². The summed E-state index contributed by atoms with van der Waals surface area (Å²) in [6.45, 7) is 1.75. The van der Waals surface area contributed by atoms with Crippen LogP contribution in [-0.2, 0) is 0 Å². The number of aryl methyl sites for hydroxylation is 1. The molecule has 2 N–H and O–H groups in total. The van der Waals surface area contributed by atoms with Gasteiger partial charge >= 0.3 is 12.0 Å². The van der Waals surface area contributed by atoms with Gasteiger partial charge in [0.25, 0.3) is 0 Å². The van der Waals surface area contributed by atoms with Gasteiger partial charge < -0.3 is 9.84 Å². The van der Waals surface area contributed by atoms with Crippen molar-refractivity contribution in [3.63, 3.8) is 0 Å². The molecule has 152 valence electrons. The van der Waals surface area contributed by atoms with Crippen LogP contribution in [-0.4, -0.2) is 21.0 Å². The van der Waals surface area contributed by atoms with Gasteiger partial charge in [0.1, 0.15) is 16.1 Å². The first-order valence-corrected chi connectivity index (χ1v) is 10.6. The number of imidazole rings is 1. The third kappa shape index (κ3) is 3.81. The predicted molar refractivity (Wildman–Crippen MR) is 123 cm³/mol. The number of carboxylic acids is 1. The van der Waals surface area contributed by atoms with E-state index < -0.39 is 5.97 Å². The maximum atomic E-state index is 11.3. The first kappa shape index (κ1) is 19.1. The van der Waals surface area contributed by atoms with Gasteiger partial charge in [-0.15, -0.1) is 11.3 Å². The van der Waals surface area contributed by atoms with Crippen LogP contribution in [0.5, 0.6) is 11.8 Å². The second-order valence-corrected chi connectivity index (χ2v) is 8.25. The molecule has 0 unspecified atom stereocenters. The van der Waals surface area contributed by atoms with Gasteiger partial charge in [-0.3, -0.25) is 4.98 Å². The lowest BCUT2D eigenvalue weighted by atomic mass is 10.0. The van der Waals surface area contributed by atoms with Crippen molar-refractivity contribution in [2.75, 3.05) is 0 Å². The third-order valence-corrected chi connectivity index (χ3v) is 6.17. The van der Waals surface area contributed by atoms with Crippen molar-refractivity contribution in [2.45, 2.75) is 6.92 Å². The molecule has 0 spiro atoms. The van der Waals surface area contributed by atoms with Crippen molar-refractivity contribution in [3.05, 3.63) is 90.0 Å². The highest BCUT2D eigenvalue weighted by Gasteiger charge is 2.13. The van der Waals surface area contributed by atoms with Crippen molar-refractivity contribution in [1.29, 1.82) is 0 Å². The minimum absolute atomic E-state index is 0.215. The van der Waals surface area contributed by atoms with E-state index in [9.17, 15) is 9.90 Å². The Morgan fingerprint density at radius 2 is 1.65 bits per heavy atom. The molecular weight excluding hydrogens is 408 g/mol. The van der Waals surface area contributed by atoms with E-state index in [0.717, 1.165) is 20.8 Å². The van der Waals surface area contributed by atoms with E-state index in [1.165, 1.54) is 17.2 Å². The van der Waals surface area contributed by atoms with E-state index in [-0.39, 0.29) is 5.56 Å². The maximum Gasteiger partial charge on any atom is 0.336 e. The zero-order valence-corrected chi connectivity index (χ0v) is 17.4. The number of carbonyl (C=O) groups is 1. The summed E-state index contributed by atoms with van der Waals surface area (Å²) in [5, 5.41) is 9.28. The smallest absolute Gasteiger partial charge is 0.336 e. The lowest BCUT2D eigenvalue weighted by Crippen LogP contribution is -2.00. The minimum atomic E-state index is -0.980. The molecule has 0 aliphatic carbocycles. The summed E-state index contributed by atoms with van der Waals surface area (Å²) in [6.07, 6.45) is 0. The summed E-state index contributed by atoms with van der Waals surface area (Å²) in [7, 11) is 0. The lowest BCUT2D eigenvalue weighted by molar-refractivity contribution is 0.0695. The molecule has 3 aromatic carbocycles. The maximum absolute atomic E-state index is 11.3. The molecule has 5 rings (SSSR count). The molecule has 0 saturated carbocycles. The van der Waals surface area contributed by atoms with Crippen LogP contribution < -0.4 is 4.74 Å². The van der Waals surface area contributed by atoms with Gasteiger partial charge in [0.05, 0.1) is 5.56 Å². The molecular formula is C25H18N2O3S. The topological polar surface area (TPSA) is 75.2 Å². The Bertz CT molecular complexity index is 1350. The Kier molecular flexibility index (Phi) is 4.76. The van der Waals surface area contributed by atoms with E-state index in [2.05, 4.69) is 46.4 Å². The normalized spacial score (nSPS) is 11.0. The van der Waals surface area contributed by atoms with E-state index in [1.807, 2.05) is 24.3 Å². The average Bonchev–Trinajstić information content (AvgIpc) is 3.34. The van der Waals surface area contributed by atoms with Crippen LogP contribution in [0.2, 0.25) is 0 Å². The van der Waals surface area contributed by atoms with Crippen LogP contribution in [0, 0.1) is 6.92 Å². The number of rotatable bonds is 5. The van der Waals surface area contributed by atoms with Crippen molar-refractivity contribution in [1.82, 2.24) is 9.97 Å². The zero-order valence-electron chi connectivity index (χ0n) is 16.6. The highest BCUT2D eigenvalue weighted by molar-refractivity contribution is 7.21. The number of carboxylic acid groups (broad SMARTS) is 1. The van der Waals surface area contributed by atoms with E-state index in [0.29, 0.717) is 17.3 Å². The number of hydrogen-bond acceptors (Lipinski definition) is 4. The van der Waals surface area contributed by atoms with Gasteiger partial charge in [0.15, 0.2) is 0 Å². The number of aromatic nitrogens is 2. The number of hydrogen-bond donors (Lipinski definition) is 2. The minimum Gasteiger partial charge on any atom is -0.478 e. The van der Waals surface area contributed by atoms with Gasteiger partial charge in [0.2, 0.25) is 0 Å². The molecule has 0 aliphatic rings. The number of aromatic amines is 1.